The maximum atomic E-state index is 2.93. The molecule has 0 amide bonds. The lowest BCUT2D eigenvalue weighted by molar-refractivity contribution is -0.0203. The average Bonchev–Trinajstić information content (AvgIpc) is 3.00. The summed E-state index contributed by atoms with van der Waals surface area (Å²) in [7, 11) is 0. The van der Waals surface area contributed by atoms with E-state index in [0.29, 0.717) is 0 Å². The molecule has 2 nitrogen and oxygen atoms in total. The predicted molar refractivity (Wildman–Crippen MR) is 74.6 cm³/mol. The number of piperazine rings is 1. The lowest BCUT2D eigenvalue weighted by Crippen LogP contribution is -2.61. The summed E-state index contributed by atoms with van der Waals surface area (Å²) in [4.78, 5) is 5.72. The highest BCUT2D eigenvalue weighted by Gasteiger charge is 2.45. The van der Waals surface area contributed by atoms with Gasteiger partial charge in [0.25, 0.3) is 0 Å². The molecule has 18 heavy (non-hydrogen) atoms. The van der Waals surface area contributed by atoms with E-state index >= 15 is 0 Å². The molecule has 0 aromatic carbocycles. The Hall–Kier alpha value is -0.0800. The van der Waals surface area contributed by atoms with Gasteiger partial charge in [0.1, 0.15) is 0 Å². The topological polar surface area (TPSA) is 6.48 Å². The van der Waals surface area contributed by atoms with Crippen LogP contribution in [0.4, 0.5) is 0 Å². The summed E-state index contributed by atoms with van der Waals surface area (Å²) < 4.78 is 0. The predicted octanol–water partition coefficient (Wildman–Crippen LogP) is 2.73. The van der Waals surface area contributed by atoms with Crippen LogP contribution in [0.25, 0.3) is 0 Å². The minimum atomic E-state index is 0.809. The Morgan fingerprint density at radius 3 is 2.67 bits per heavy atom. The standard InChI is InChI=1S/C16H28N2/c1-12-10-17-7-3-2-4-15(17)11-18(12)16-9-13-5-6-14(16)8-13/h12-16H,2-11H2,1H3. The Bertz CT molecular complexity index is 316. The van der Waals surface area contributed by atoms with Crippen molar-refractivity contribution in [2.24, 2.45) is 11.8 Å². The number of rotatable bonds is 1. The van der Waals surface area contributed by atoms with Crippen LogP contribution in [0, 0.1) is 11.8 Å². The molecule has 0 aromatic heterocycles. The molecule has 5 unspecified atom stereocenters. The summed E-state index contributed by atoms with van der Waals surface area (Å²) in [5.74, 6) is 2.16. The van der Waals surface area contributed by atoms with Crippen LogP contribution in [-0.4, -0.2) is 47.6 Å². The molecule has 4 fully saturated rings. The van der Waals surface area contributed by atoms with Gasteiger partial charge >= 0.3 is 0 Å². The van der Waals surface area contributed by atoms with E-state index in [-0.39, 0.29) is 0 Å². The number of hydrogen-bond acceptors (Lipinski definition) is 2. The third-order valence-electron chi connectivity index (χ3n) is 6.36. The van der Waals surface area contributed by atoms with Crippen molar-refractivity contribution in [2.75, 3.05) is 19.6 Å². The fourth-order valence-corrected chi connectivity index (χ4v) is 5.45. The van der Waals surface area contributed by atoms with Gasteiger partial charge in [-0.1, -0.05) is 12.8 Å². The largest absolute Gasteiger partial charge is 0.298 e. The zero-order valence-electron chi connectivity index (χ0n) is 11.9. The minimum absolute atomic E-state index is 0.809. The number of nitrogens with zero attached hydrogens (tertiary/aromatic N) is 2. The molecule has 0 spiro atoms. The molecule has 4 aliphatic rings. The van der Waals surface area contributed by atoms with Gasteiger partial charge in [-0.3, -0.25) is 9.80 Å². The second kappa shape index (κ2) is 4.49. The van der Waals surface area contributed by atoms with Gasteiger partial charge in [-0.15, -0.1) is 0 Å². The summed E-state index contributed by atoms with van der Waals surface area (Å²) in [6.45, 7) is 6.59. The Kier molecular flexibility index (Phi) is 2.92. The van der Waals surface area contributed by atoms with Gasteiger partial charge in [0, 0.05) is 31.2 Å². The van der Waals surface area contributed by atoms with Crippen molar-refractivity contribution in [2.45, 2.75) is 70.0 Å². The SMILES string of the molecule is CC1CN2CCCCC2CN1C1CC2CCC1C2. The second-order valence-electron chi connectivity index (χ2n) is 7.43. The van der Waals surface area contributed by atoms with Gasteiger partial charge in [0.15, 0.2) is 0 Å². The molecule has 2 heteroatoms. The van der Waals surface area contributed by atoms with Gasteiger partial charge in [-0.05, 0) is 57.4 Å². The van der Waals surface area contributed by atoms with Gasteiger partial charge in [-0.25, -0.2) is 0 Å². The van der Waals surface area contributed by atoms with E-state index in [1.54, 1.807) is 12.8 Å². The first-order valence-electron chi connectivity index (χ1n) is 8.31. The molecule has 102 valence electrons. The molecule has 4 rings (SSSR count). The van der Waals surface area contributed by atoms with Gasteiger partial charge in [-0.2, -0.15) is 0 Å². The van der Waals surface area contributed by atoms with Crippen LogP contribution in [0.3, 0.4) is 0 Å². The van der Waals surface area contributed by atoms with Crippen LogP contribution < -0.4 is 0 Å². The lowest BCUT2D eigenvalue weighted by Gasteiger charge is -2.51. The van der Waals surface area contributed by atoms with Crippen LogP contribution in [0.5, 0.6) is 0 Å². The van der Waals surface area contributed by atoms with Gasteiger partial charge in [0.05, 0.1) is 0 Å². The van der Waals surface area contributed by atoms with E-state index in [4.69, 9.17) is 0 Å². The fraction of sp³-hybridized carbons (Fsp3) is 1.00. The van der Waals surface area contributed by atoms with Crippen LogP contribution in [0.2, 0.25) is 0 Å². The van der Waals surface area contributed by atoms with E-state index in [2.05, 4.69) is 16.7 Å². The highest BCUT2D eigenvalue weighted by atomic mass is 15.3. The maximum Gasteiger partial charge on any atom is 0.0224 e. The smallest absolute Gasteiger partial charge is 0.0224 e. The average molecular weight is 248 g/mol. The molecule has 0 N–H and O–H groups in total. The summed E-state index contributed by atoms with van der Waals surface area (Å²) in [6, 6.07) is 2.67. The molecule has 0 radical (unpaired) electrons. The van der Waals surface area contributed by atoms with Crippen LogP contribution in [0.1, 0.15) is 51.9 Å². The maximum absolute atomic E-state index is 2.93. The van der Waals surface area contributed by atoms with E-state index in [0.717, 1.165) is 30.0 Å². The molecule has 2 saturated heterocycles. The highest BCUT2D eigenvalue weighted by Crippen LogP contribution is 2.47. The summed E-state index contributed by atoms with van der Waals surface area (Å²) in [6.07, 6.45) is 10.5. The zero-order chi connectivity index (χ0) is 12.1. The minimum Gasteiger partial charge on any atom is -0.298 e. The van der Waals surface area contributed by atoms with E-state index in [1.807, 2.05) is 0 Å². The van der Waals surface area contributed by atoms with Crippen molar-refractivity contribution in [3.63, 3.8) is 0 Å². The Balaban J connectivity index is 1.48. The summed E-state index contributed by atoms with van der Waals surface area (Å²) >= 11 is 0. The monoisotopic (exact) mass is 248 g/mol. The van der Waals surface area contributed by atoms with E-state index in [1.165, 1.54) is 51.7 Å². The molecule has 0 aromatic rings. The number of hydrogen-bond donors (Lipinski definition) is 0. The Morgan fingerprint density at radius 2 is 1.89 bits per heavy atom. The normalized spacial score (nSPS) is 49.5. The first-order chi connectivity index (χ1) is 8.81. The lowest BCUT2D eigenvalue weighted by atomic mass is 9.89. The Labute approximate surface area is 112 Å². The second-order valence-corrected chi connectivity index (χ2v) is 7.43. The van der Waals surface area contributed by atoms with Crippen molar-refractivity contribution in [1.29, 1.82) is 0 Å². The molecule has 2 aliphatic heterocycles. The quantitative estimate of drug-likeness (QED) is 0.704. The number of fused-ring (bicyclic) bond motifs is 3. The number of piperidine rings is 1. The molecule has 2 heterocycles. The van der Waals surface area contributed by atoms with Crippen LogP contribution in [0.15, 0.2) is 0 Å². The fourth-order valence-electron chi connectivity index (χ4n) is 5.45. The van der Waals surface area contributed by atoms with Crippen molar-refractivity contribution < 1.29 is 0 Å². The molecule has 5 atom stereocenters. The van der Waals surface area contributed by atoms with Crippen LogP contribution in [-0.2, 0) is 0 Å². The third kappa shape index (κ3) is 1.84. The van der Waals surface area contributed by atoms with Crippen LogP contribution >= 0.6 is 0 Å². The molecule has 2 saturated carbocycles. The molecular weight excluding hydrogens is 220 g/mol. The van der Waals surface area contributed by atoms with E-state index in [9.17, 15) is 0 Å². The van der Waals surface area contributed by atoms with Gasteiger partial charge < -0.3 is 0 Å². The van der Waals surface area contributed by atoms with Crippen molar-refractivity contribution in [3.8, 4) is 0 Å². The molecule has 2 aliphatic carbocycles. The first-order valence-corrected chi connectivity index (χ1v) is 8.31. The van der Waals surface area contributed by atoms with Gasteiger partial charge in [0.2, 0.25) is 0 Å². The zero-order valence-corrected chi connectivity index (χ0v) is 11.9. The molecular formula is C16H28N2. The van der Waals surface area contributed by atoms with Crippen molar-refractivity contribution in [1.82, 2.24) is 9.80 Å². The summed E-state index contributed by atoms with van der Waals surface area (Å²) in [5.41, 5.74) is 0. The molecule has 2 bridgehead atoms. The van der Waals surface area contributed by atoms with Crippen molar-refractivity contribution in [3.05, 3.63) is 0 Å². The van der Waals surface area contributed by atoms with Crippen molar-refractivity contribution >= 4 is 0 Å². The third-order valence-corrected chi connectivity index (χ3v) is 6.36. The Morgan fingerprint density at radius 1 is 0.944 bits per heavy atom. The summed E-state index contributed by atoms with van der Waals surface area (Å²) in [5, 5.41) is 0. The van der Waals surface area contributed by atoms with E-state index < -0.39 is 0 Å². The first kappa shape index (κ1) is 11.7. The highest BCUT2D eigenvalue weighted by molar-refractivity contribution is 5.00.